The van der Waals surface area contributed by atoms with Gasteiger partial charge in [-0.15, -0.1) is 5.10 Å². The van der Waals surface area contributed by atoms with Crippen LogP contribution in [0.1, 0.15) is 63.8 Å². The van der Waals surface area contributed by atoms with Crippen LogP contribution in [-0.2, 0) is 22.7 Å². The second-order valence-electron chi connectivity index (χ2n) is 14.1. The fourth-order valence-corrected chi connectivity index (χ4v) is 6.73. The van der Waals surface area contributed by atoms with Crippen LogP contribution in [0.2, 0.25) is 0 Å². The van der Waals surface area contributed by atoms with Gasteiger partial charge in [-0.25, -0.2) is 28.4 Å². The minimum absolute atomic E-state index is 0.141. The number of nitrogens with zero attached hydrogens (tertiary/aromatic N) is 10. The van der Waals surface area contributed by atoms with Crippen molar-refractivity contribution in [1.29, 1.82) is 0 Å². The number of pyridine rings is 2. The number of amides is 2. The van der Waals surface area contributed by atoms with Crippen molar-refractivity contribution in [3.05, 3.63) is 105 Å². The molecular weight excluding hydrogens is 688 g/mol. The van der Waals surface area contributed by atoms with Gasteiger partial charge in [-0.2, -0.15) is 15.3 Å². The van der Waals surface area contributed by atoms with Crippen molar-refractivity contribution in [2.24, 2.45) is 11.8 Å². The van der Waals surface area contributed by atoms with Gasteiger partial charge < -0.3 is 10.6 Å². The van der Waals surface area contributed by atoms with Crippen molar-refractivity contribution in [3.8, 4) is 11.4 Å². The highest BCUT2D eigenvalue weighted by Gasteiger charge is 2.21. The Labute approximate surface area is 308 Å². The van der Waals surface area contributed by atoms with Crippen LogP contribution >= 0.6 is 0 Å². The van der Waals surface area contributed by atoms with Gasteiger partial charge in [0.15, 0.2) is 17.1 Å². The van der Waals surface area contributed by atoms with E-state index < -0.39 is 17.4 Å². The van der Waals surface area contributed by atoms with Gasteiger partial charge in [-0.1, -0.05) is 26.0 Å². The molecule has 2 N–H and O–H groups in total. The first-order valence-electron chi connectivity index (χ1n) is 18.0. The molecule has 8 rings (SSSR count). The predicted octanol–water partition coefficient (Wildman–Crippen LogP) is 4.24. The van der Waals surface area contributed by atoms with Crippen LogP contribution < -0.4 is 21.8 Å². The molecule has 274 valence electrons. The zero-order valence-corrected chi connectivity index (χ0v) is 29.8. The number of carbonyl (C=O) groups excluding carboxylic acids is 2. The van der Waals surface area contributed by atoms with Gasteiger partial charge >= 0.3 is 0 Å². The zero-order valence-electron chi connectivity index (χ0n) is 29.8. The lowest BCUT2D eigenvalue weighted by Gasteiger charge is -2.18. The first kappa shape index (κ1) is 34.5. The van der Waals surface area contributed by atoms with Crippen molar-refractivity contribution < 1.29 is 9.59 Å². The first-order chi connectivity index (χ1) is 26.1. The van der Waals surface area contributed by atoms with Gasteiger partial charge in [0.2, 0.25) is 11.8 Å². The molecule has 6 aromatic heterocycles. The number of rotatable bonds is 9. The standard InChI is InChI=1S/C38H38N12O4/c1-23-3-7-25(8-4-23)30-11-12-36(53)49(44-30)20-34(51)42-28-14-16-48-33(18-28)43-37(46-48)29-19-31(26-9-5-24(2)6-10-26)45-50(38(29)54)21-35(52)41-27-13-15-47-32(17-27)39-22-40-47/h7,9,11-19,22-24H,3-6,8,10,20-21H2,1-2H3,(H,41,52)(H,42,51). The molecule has 16 heteroatoms. The Morgan fingerprint density at radius 3 is 2.06 bits per heavy atom. The molecule has 6 aromatic rings. The summed E-state index contributed by atoms with van der Waals surface area (Å²) in [4.78, 5) is 61.6. The molecule has 2 aliphatic rings. The van der Waals surface area contributed by atoms with Crippen LogP contribution in [0.4, 0.5) is 11.4 Å². The van der Waals surface area contributed by atoms with E-state index in [-0.39, 0.29) is 30.0 Å². The molecule has 2 aliphatic carbocycles. The highest BCUT2D eigenvalue weighted by Crippen LogP contribution is 2.30. The monoisotopic (exact) mass is 726 g/mol. The van der Waals surface area contributed by atoms with Crippen molar-refractivity contribution in [1.82, 2.24) is 48.8 Å². The van der Waals surface area contributed by atoms with Crippen LogP contribution in [-0.4, -0.2) is 60.6 Å². The largest absolute Gasteiger partial charge is 0.324 e. The lowest BCUT2D eigenvalue weighted by Crippen LogP contribution is -2.31. The molecule has 54 heavy (non-hydrogen) atoms. The Balaban J connectivity index is 1.04. The van der Waals surface area contributed by atoms with Crippen molar-refractivity contribution in [2.75, 3.05) is 10.6 Å². The third-order valence-corrected chi connectivity index (χ3v) is 9.86. The molecule has 0 saturated heterocycles. The van der Waals surface area contributed by atoms with E-state index in [0.717, 1.165) is 54.4 Å². The summed E-state index contributed by atoms with van der Waals surface area (Å²) in [6.45, 7) is 3.79. The fraction of sp³-hybridized carbons (Fsp3) is 0.316. The van der Waals surface area contributed by atoms with E-state index in [1.54, 1.807) is 53.3 Å². The Kier molecular flexibility index (Phi) is 9.23. The maximum atomic E-state index is 13.9. The van der Waals surface area contributed by atoms with Gasteiger partial charge in [0.05, 0.1) is 17.0 Å². The number of hydrogen-bond acceptors (Lipinski definition) is 10. The molecule has 0 radical (unpaired) electrons. The number of fused-ring (bicyclic) bond motifs is 2. The second kappa shape index (κ2) is 14.4. The van der Waals surface area contributed by atoms with Crippen molar-refractivity contribution >= 4 is 45.6 Å². The van der Waals surface area contributed by atoms with E-state index in [4.69, 9.17) is 0 Å². The Morgan fingerprint density at radius 2 is 1.37 bits per heavy atom. The highest BCUT2D eigenvalue weighted by atomic mass is 16.2. The van der Waals surface area contributed by atoms with E-state index in [9.17, 15) is 19.2 Å². The van der Waals surface area contributed by atoms with Crippen LogP contribution in [0.25, 0.3) is 33.8 Å². The van der Waals surface area contributed by atoms with E-state index >= 15 is 0 Å². The van der Waals surface area contributed by atoms with E-state index in [0.29, 0.717) is 45.9 Å². The number of allylic oxidation sites excluding steroid dienone is 4. The van der Waals surface area contributed by atoms with E-state index in [1.165, 1.54) is 21.6 Å². The quantitative estimate of drug-likeness (QED) is 0.218. The third-order valence-electron chi connectivity index (χ3n) is 9.86. The summed E-state index contributed by atoms with van der Waals surface area (Å²) in [7, 11) is 0. The number of nitrogens with one attached hydrogen (secondary N) is 2. The summed E-state index contributed by atoms with van der Waals surface area (Å²) in [5.74, 6) is 0.403. The SMILES string of the molecule is CC1CC=C(c2ccc(=O)n(CC(=O)Nc3ccn4nc(-c5cc(C6=CCC(C)CC6)nn(CC(=O)Nc6ccn7ncnc7c6)c5=O)nc4c3)n2)CC1. The maximum Gasteiger partial charge on any atom is 0.278 e. The molecule has 0 aliphatic heterocycles. The Hall–Kier alpha value is -6.58. The van der Waals surface area contributed by atoms with Gasteiger partial charge in [0.1, 0.15) is 19.4 Å². The molecule has 2 amide bonds. The fourth-order valence-electron chi connectivity index (χ4n) is 6.73. The molecule has 0 fully saturated rings. The van der Waals surface area contributed by atoms with Gasteiger partial charge in [-0.05, 0) is 85.8 Å². The van der Waals surface area contributed by atoms with Crippen LogP contribution in [0, 0.1) is 11.8 Å². The van der Waals surface area contributed by atoms with Gasteiger partial charge in [0, 0.05) is 42.0 Å². The Morgan fingerprint density at radius 1 is 0.741 bits per heavy atom. The summed E-state index contributed by atoms with van der Waals surface area (Å²) in [6.07, 6.45) is 14.5. The lowest BCUT2D eigenvalue weighted by atomic mass is 9.89. The normalized spacial score (nSPS) is 17.3. The number of hydrogen-bond donors (Lipinski definition) is 2. The maximum absolute atomic E-state index is 13.9. The minimum atomic E-state index is -0.533. The smallest absolute Gasteiger partial charge is 0.278 e. The summed E-state index contributed by atoms with van der Waals surface area (Å²) < 4.78 is 5.38. The van der Waals surface area contributed by atoms with Gasteiger partial charge in [0.25, 0.3) is 11.1 Å². The number of carbonyl (C=O) groups is 2. The second-order valence-corrected chi connectivity index (χ2v) is 14.1. The summed E-state index contributed by atoms with van der Waals surface area (Å²) in [5.41, 5.74) is 4.47. The summed E-state index contributed by atoms with van der Waals surface area (Å²) >= 11 is 0. The van der Waals surface area contributed by atoms with Crippen LogP contribution in [0.5, 0.6) is 0 Å². The van der Waals surface area contributed by atoms with Gasteiger partial charge in [-0.3, -0.25) is 19.2 Å². The predicted molar refractivity (Wildman–Crippen MR) is 201 cm³/mol. The molecule has 2 atom stereocenters. The minimum Gasteiger partial charge on any atom is -0.324 e. The Bertz CT molecular complexity index is 2610. The van der Waals surface area contributed by atoms with Crippen LogP contribution in [0.3, 0.4) is 0 Å². The molecule has 0 aromatic carbocycles. The zero-order chi connectivity index (χ0) is 37.3. The highest BCUT2D eigenvalue weighted by molar-refractivity contribution is 5.91. The third kappa shape index (κ3) is 7.35. The number of anilines is 2. The average molecular weight is 727 g/mol. The molecule has 6 heterocycles. The molecule has 0 spiro atoms. The van der Waals surface area contributed by atoms with E-state index in [2.05, 4.69) is 67.0 Å². The van der Waals surface area contributed by atoms with Crippen LogP contribution in [0.15, 0.2) is 82.9 Å². The molecular formula is C38H38N12O4. The van der Waals surface area contributed by atoms with Crippen molar-refractivity contribution in [2.45, 2.75) is 65.5 Å². The van der Waals surface area contributed by atoms with Crippen molar-refractivity contribution in [3.63, 3.8) is 0 Å². The topological polar surface area (TPSA) is 188 Å². The molecule has 2 unspecified atom stereocenters. The lowest BCUT2D eigenvalue weighted by molar-refractivity contribution is -0.117. The number of aromatic nitrogens is 10. The first-order valence-corrected chi connectivity index (χ1v) is 18.0. The average Bonchev–Trinajstić information content (AvgIpc) is 3.81. The molecule has 0 bridgehead atoms. The van der Waals surface area contributed by atoms with E-state index in [1.807, 2.05) is 0 Å². The summed E-state index contributed by atoms with van der Waals surface area (Å²) in [5, 5.41) is 23.4. The molecule has 16 nitrogen and oxygen atoms in total. The molecule has 0 saturated carbocycles. The summed E-state index contributed by atoms with van der Waals surface area (Å²) in [6, 6.07) is 11.5.